The zero-order valence-corrected chi connectivity index (χ0v) is 14.3. The Morgan fingerprint density at radius 1 is 1.00 bits per heavy atom. The van der Waals surface area contributed by atoms with Crippen molar-refractivity contribution in [3.05, 3.63) is 52.0 Å². The summed E-state index contributed by atoms with van der Waals surface area (Å²) in [6.45, 7) is 0. The lowest BCUT2D eigenvalue weighted by Crippen LogP contribution is -2.05. The minimum atomic E-state index is -4.67. The monoisotopic (exact) mass is 419 g/mol. The van der Waals surface area contributed by atoms with E-state index in [0.29, 0.717) is 10.8 Å². The third kappa shape index (κ3) is 7.80. The summed E-state index contributed by atoms with van der Waals surface area (Å²) < 4.78 is 74.4. The van der Waals surface area contributed by atoms with Crippen LogP contribution in [0.25, 0.3) is 0 Å². The van der Waals surface area contributed by atoms with Crippen LogP contribution in [0, 0.1) is 0 Å². The maximum absolute atomic E-state index is 12.5. The molecule has 0 bridgehead atoms. The molecule has 0 amide bonds. The Balaban J connectivity index is 0.000000550. The van der Waals surface area contributed by atoms with Gasteiger partial charge in [-0.1, -0.05) is 23.2 Å². The normalized spacial score (nSPS) is 11.5. The summed E-state index contributed by atoms with van der Waals surface area (Å²) in [7, 11) is -4.67. The van der Waals surface area contributed by atoms with Gasteiger partial charge in [0.05, 0.1) is 21.3 Å². The lowest BCUT2D eigenvalue weighted by atomic mass is 10.2. The summed E-state index contributed by atoms with van der Waals surface area (Å²) in [4.78, 5) is 0. The Morgan fingerprint density at radius 2 is 1.56 bits per heavy atom. The van der Waals surface area contributed by atoms with Crippen molar-refractivity contribution in [1.82, 2.24) is 0 Å². The molecule has 138 valence electrons. The van der Waals surface area contributed by atoms with Gasteiger partial charge in [-0.05, 0) is 30.3 Å². The highest BCUT2D eigenvalue weighted by atomic mass is 35.5. The first kappa shape index (κ1) is 21.3. The second-order valence-electron chi connectivity index (χ2n) is 4.38. The van der Waals surface area contributed by atoms with E-state index in [1.165, 1.54) is 18.2 Å². The number of hydrogen-bond donors (Lipinski definition) is 3. The fraction of sp³-hybridized carbons (Fsp3) is 0.0769. The minimum Gasteiger partial charge on any atom is -0.455 e. The first-order valence-corrected chi connectivity index (χ1v) is 8.22. The molecule has 0 aliphatic rings. The quantitative estimate of drug-likeness (QED) is 0.479. The number of benzene rings is 2. The van der Waals surface area contributed by atoms with Crippen molar-refractivity contribution in [1.29, 1.82) is 0 Å². The smallest absolute Gasteiger partial charge is 0.416 e. The number of halogens is 5. The molecule has 0 unspecified atom stereocenters. The fourth-order valence-electron chi connectivity index (χ4n) is 1.49. The predicted octanol–water partition coefficient (Wildman–Crippen LogP) is 4.73. The van der Waals surface area contributed by atoms with Crippen molar-refractivity contribution in [2.45, 2.75) is 6.18 Å². The third-order valence-electron chi connectivity index (χ3n) is 2.46. The van der Waals surface area contributed by atoms with E-state index in [1.54, 1.807) is 0 Å². The molecule has 0 radical (unpaired) electrons. The van der Waals surface area contributed by atoms with Gasteiger partial charge < -0.3 is 10.5 Å². The summed E-state index contributed by atoms with van der Waals surface area (Å²) in [5.74, 6) is 0.433. The standard InChI is InChI=1S/C13H8Cl2F3NO.H2O4S/c14-9-3-2-8(6-10(9)15)20-12-4-1-7(5-11(12)19)13(16,17)18;1-5(2,3)4/h1-6H,19H2;(H2,1,2,3,4). The van der Waals surface area contributed by atoms with Gasteiger partial charge in [0.15, 0.2) is 0 Å². The van der Waals surface area contributed by atoms with Gasteiger partial charge in [-0.25, -0.2) is 0 Å². The molecular weight excluding hydrogens is 410 g/mol. The Hall–Kier alpha value is -1.72. The van der Waals surface area contributed by atoms with E-state index in [0.717, 1.165) is 18.2 Å². The molecule has 0 aliphatic heterocycles. The Morgan fingerprint density at radius 3 is 2.00 bits per heavy atom. The van der Waals surface area contributed by atoms with Crippen LogP contribution in [0.3, 0.4) is 0 Å². The molecule has 0 spiro atoms. The molecular formula is C13H10Cl2F3NO5S. The summed E-state index contributed by atoms with van der Waals surface area (Å²) in [6, 6.07) is 7.35. The van der Waals surface area contributed by atoms with Crippen molar-refractivity contribution in [3.8, 4) is 11.5 Å². The van der Waals surface area contributed by atoms with E-state index in [9.17, 15) is 13.2 Å². The van der Waals surface area contributed by atoms with Gasteiger partial charge in [0.25, 0.3) is 0 Å². The van der Waals surface area contributed by atoms with Gasteiger partial charge in [-0.3, -0.25) is 9.11 Å². The Labute approximate surface area is 150 Å². The van der Waals surface area contributed by atoms with Gasteiger partial charge >= 0.3 is 16.6 Å². The first-order chi connectivity index (χ1) is 11.3. The average Bonchev–Trinajstić information content (AvgIpc) is 2.42. The van der Waals surface area contributed by atoms with Crippen LogP contribution >= 0.6 is 23.2 Å². The molecule has 0 heterocycles. The summed E-state index contributed by atoms with van der Waals surface area (Å²) in [5, 5.41) is 0.619. The molecule has 0 aromatic heterocycles. The molecule has 0 saturated heterocycles. The summed E-state index contributed by atoms with van der Waals surface area (Å²) >= 11 is 11.6. The summed E-state index contributed by atoms with van der Waals surface area (Å²) in [5.41, 5.74) is 4.59. The van der Waals surface area contributed by atoms with Crippen molar-refractivity contribution < 1.29 is 35.4 Å². The predicted molar refractivity (Wildman–Crippen MR) is 86.6 cm³/mol. The van der Waals surface area contributed by atoms with Gasteiger partial charge in [0.2, 0.25) is 0 Å². The lowest BCUT2D eigenvalue weighted by molar-refractivity contribution is -0.137. The van der Waals surface area contributed by atoms with Gasteiger partial charge in [-0.2, -0.15) is 21.6 Å². The number of ether oxygens (including phenoxy) is 1. The number of hydrogen-bond acceptors (Lipinski definition) is 4. The lowest BCUT2D eigenvalue weighted by Gasteiger charge is -2.12. The van der Waals surface area contributed by atoms with Crippen molar-refractivity contribution in [2.24, 2.45) is 0 Å². The van der Waals surface area contributed by atoms with E-state index in [1.807, 2.05) is 0 Å². The molecule has 2 rings (SSSR count). The SMILES string of the molecule is Nc1cc(C(F)(F)F)ccc1Oc1ccc(Cl)c(Cl)c1.O=S(=O)(O)O. The van der Waals surface area contributed by atoms with Gasteiger partial charge in [-0.15, -0.1) is 0 Å². The second kappa shape index (κ2) is 8.11. The third-order valence-corrected chi connectivity index (χ3v) is 3.20. The van der Waals surface area contributed by atoms with Crippen LogP contribution in [0.5, 0.6) is 11.5 Å². The number of anilines is 1. The van der Waals surface area contributed by atoms with Crippen LogP contribution in [-0.4, -0.2) is 17.5 Å². The van der Waals surface area contributed by atoms with E-state index in [4.69, 9.17) is 51.2 Å². The zero-order valence-electron chi connectivity index (χ0n) is 12.0. The van der Waals surface area contributed by atoms with E-state index in [2.05, 4.69) is 0 Å². The minimum absolute atomic E-state index is 0.108. The van der Waals surface area contributed by atoms with Crippen LogP contribution in [0.15, 0.2) is 36.4 Å². The summed E-state index contributed by atoms with van der Waals surface area (Å²) in [6.07, 6.45) is -4.45. The molecule has 0 fully saturated rings. The van der Waals surface area contributed by atoms with Gasteiger partial charge in [0, 0.05) is 6.07 Å². The first-order valence-electron chi connectivity index (χ1n) is 6.07. The highest BCUT2D eigenvalue weighted by Gasteiger charge is 2.31. The van der Waals surface area contributed by atoms with Crippen LogP contribution < -0.4 is 10.5 Å². The molecule has 0 saturated carbocycles. The maximum Gasteiger partial charge on any atom is 0.416 e. The fourth-order valence-corrected chi connectivity index (χ4v) is 1.77. The zero-order chi connectivity index (χ0) is 19.4. The van der Waals surface area contributed by atoms with Gasteiger partial charge in [0.1, 0.15) is 11.5 Å². The molecule has 2 aromatic carbocycles. The Bertz CT molecular complexity index is 851. The van der Waals surface area contributed by atoms with E-state index < -0.39 is 22.1 Å². The van der Waals surface area contributed by atoms with Crippen LogP contribution in [0.2, 0.25) is 10.0 Å². The number of rotatable bonds is 2. The number of alkyl halides is 3. The van der Waals surface area contributed by atoms with Crippen LogP contribution in [-0.2, 0) is 16.6 Å². The van der Waals surface area contributed by atoms with Crippen molar-refractivity contribution >= 4 is 39.3 Å². The highest BCUT2D eigenvalue weighted by Crippen LogP contribution is 2.36. The molecule has 4 N–H and O–H groups in total. The van der Waals surface area contributed by atoms with E-state index in [-0.39, 0.29) is 16.5 Å². The molecule has 25 heavy (non-hydrogen) atoms. The van der Waals surface area contributed by atoms with Crippen LogP contribution in [0.1, 0.15) is 5.56 Å². The average molecular weight is 420 g/mol. The largest absolute Gasteiger partial charge is 0.455 e. The molecule has 6 nitrogen and oxygen atoms in total. The van der Waals surface area contributed by atoms with Crippen molar-refractivity contribution in [2.75, 3.05) is 5.73 Å². The highest BCUT2D eigenvalue weighted by molar-refractivity contribution is 7.79. The molecule has 0 aliphatic carbocycles. The van der Waals surface area contributed by atoms with E-state index >= 15 is 0 Å². The maximum atomic E-state index is 12.5. The molecule has 0 atom stereocenters. The molecule has 12 heteroatoms. The molecule has 2 aromatic rings. The Kier molecular flexibility index (Phi) is 6.91. The second-order valence-corrected chi connectivity index (χ2v) is 6.09. The van der Waals surface area contributed by atoms with Crippen molar-refractivity contribution in [3.63, 3.8) is 0 Å². The number of nitrogens with two attached hydrogens (primary N) is 1. The topological polar surface area (TPSA) is 110 Å². The number of nitrogen functional groups attached to an aromatic ring is 1. The van der Waals surface area contributed by atoms with Crippen LogP contribution in [0.4, 0.5) is 18.9 Å².